The Labute approximate surface area is 110 Å². The number of rotatable bonds is 4. The van der Waals surface area contributed by atoms with Crippen molar-refractivity contribution in [1.29, 1.82) is 0 Å². The number of aromatic nitrogens is 1. The minimum atomic E-state index is -0.883. The van der Waals surface area contributed by atoms with Gasteiger partial charge in [-0.1, -0.05) is 13.8 Å². The molecule has 6 heteroatoms. The number of morpholine rings is 1. The molecule has 0 aliphatic carbocycles. The molecular formula is C12H18N2O3S. The third-order valence-electron chi connectivity index (χ3n) is 2.73. The van der Waals surface area contributed by atoms with Crippen molar-refractivity contribution < 1.29 is 14.6 Å². The molecule has 0 radical (unpaired) electrons. The Morgan fingerprint density at radius 2 is 2.44 bits per heavy atom. The van der Waals surface area contributed by atoms with Crippen molar-refractivity contribution in [3.63, 3.8) is 0 Å². The van der Waals surface area contributed by atoms with Crippen molar-refractivity contribution >= 4 is 17.3 Å². The summed E-state index contributed by atoms with van der Waals surface area (Å²) in [7, 11) is 0. The number of carboxylic acids is 1. The average molecular weight is 270 g/mol. The summed E-state index contributed by atoms with van der Waals surface area (Å²) in [5, 5.41) is 13.3. The monoisotopic (exact) mass is 270 g/mol. The number of aromatic carboxylic acids is 1. The Bertz CT molecular complexity index is 425. The maximum absolute atomic E-state index is 11.2. The van der Waals surface area contributed by atoms with Gasteiger partial charge in [0.15, 0.2) is 0 Å². The van der Waals surface area contributed by atoms with Gasteiger partial charge in [0.05, 0.1) is 24.9 Å². The topological polar surface area (TPSA) is 71.5 Å². The van der Waals surface area contributed by atoms with Gasteiger partial charge < -0.3 is 15.2 Å². The predicted molar refractivity (Wildman–Crippen MR) is 69.2 cm³/mol. The maximum Gasteiger partial charge on any atom is 0.347 e. The maximum atomic E-state index is 11.2. The number of hydrogen-bond donors (Lipinski definition) is 2. The fourth-order valence-electron chi connectivity index (χ4n) is 1.94. The smallest absolute Gasteiger partial charge is 0.347 e. The molecule has 2 N–H and O–H groups in total. The largest absolute Gasteiger partial charge is 0.477 e. The molecule has 1 aliphatic rings. The fourth-order valence-corrected chi connectivity index (χ4v) is 2.93. The molecule has 0 amide bonds. The number of carbonyl (C=O) groups is 1. The van der Waals surface area contributed by atoms with Crippen LogP contribution in [0.1, 0.15) is 40.3 Å². The molecule has 2 rings (SSSR count). The minimum absolute atomic E-state index is 0.0303. The molecule has 2 heterocycles. The van der Waals surface area contributed by atoms with Gasteiger partial charge in [-0.05, 0) is 12.3 Å². The molecule has 0 spiro atoms. The zero-order valence-corrected chi connectivity index (χ0v) is 11.4. The molecule has 1 aliphatic heterocycles. The molecular weight excluding hydrogens is 252 g/mol. The first-order valence-electron chi connectivity index (χ1n) is 6.12. The average Bonchev–Trinajstić information content (AvgIpc) is 2.73. The van der Waals surface area contributed by atoms with Crippen LogP contribution in [0, 0.1) is 5.92 Å². The van der Waals surface area contributed by atoms with Gasteiger partial charge in [-0.3, -0.25) is 0 Å². The summed E-state index contributed by atoms with van der Waals surface area (Å²) in [6.07, 6.45) is 0.700. The first kappa shape index (κ1) is 13.5. The molecule has 0 aromatic carbocycles. The van der Waals surface area contributed by atoms with Crippen molar-refractivity contribution in [3.8, 4) is 0 Å². The molecule has 5 nitrogen and oxygen atoms in total. The molecule has 100 valence electrons. The van der Waals surface area contributed by atoms with Crippen LogP contribution < -0.4 is 5.32 Å². The molecule has 1 unspecified atom stereocenters. The second kappa shape index (κ2) is 5.77. The summed E-state index contributed by atoms with van der Waals surface area (Å²) in [6.45, 7) is 6.17. The Balaban J connectivity index is 2.23. The lowest BCUT2D eigenvalue weighted by molar-refractivity contribution is 0.0700. The molecule has 1 fully saturated rings. The van der Waals surface area contributed by atoms with E-state index in [9.17, 15) is 9.90 Å². The lowest BCUT2D eigenvalue weighted by Crippen LogP contribution is -2.34. The van der Waals surface area contributed by atoms with E-state index in [0.29, 0.717) is 36.1 Å². The lowest BCUT2D eigenvalue weighted by atomic mass is 10.1. The minimum Gasteiger partial charge on any atom is -0.477 e. The van der Waals surface area contributed by atoms with Gasteiger partial charge in [-0.25, -0.2) is 9.78 Å². The molecule has 1 atom stereocenters. The van der Waals surface area contributed by atoms with E-state index in [-0.39, 0.29) is 6.04 Å². The van der Waals surface area contributed by atoms with Crippen LogP contribution in [0.15, 0.2) is 0 Å². The highest BCUT2D eigenvalue weighted by molar-refractivity contribution is 7.13. The Hall–Kier alpha value is -0.980. The number of nitrogens with one attached hydrogen (secondary N) is 1. The van der Waals surface area contributed by atoms with E-state index in [0.717, 1.165) is 11.6 Å². The summed E-state index contributed by atoms with van der Waals surface area (Å²) in [5.74, 6) is -0.486. The van der Waals surface area contributed by atoms with Crippen LogP contribution in [-0.2, 0) is 11.2 Å². The molecule has 1 aromatic rings. The van der Waals surface area contributed by atoms with Crippen LogP contribution in [0.3, 0.4) is 0 Å². The Morgan fingerprint density at radius 1 is 1.67 bits per heavy atom. The number of carboxylic acid groups (broad SMARTS) is 1. The first-order chi connectivity index (χ1) is 8.58. The number of ether oxygens (including phenoxy) is 1. The van der Waals surface area contributed by atoms with Gasteiger partial charge in [0.1, 0.15) is 9.88 Å². The predicted octanol–water partition coefficient (Wildman–Crippen LogP) is 1.70. The zero-order chi connectivity index (χ0) is 13.1. The standard InChI is InChI=1S/C12H18N2O3S/c1-7(2)5-8-10(12(15)16)18-11(14-8)9-6-17-4-3-13-9/h7,9,13H,3-6H2,1-2H3,(H,15,16). The number of hydrogen-bond acceptors (Lipinski definition) is 5. The van der Waals surface area contributed by atoms with Crippen molar-refractivity contribution in [2.24, 2.45) is 5.92 Å². The molecule has 18 heavy (non-hydrogen) atoms. The SMILES string of the molecule is CC(C)Cc1nc(C2COCCN2)sc1C(=O)O. The highest BCUT2D eigenvalue weighted by Gasteiger charge is 2.24. The van der Waals surface area contributed by atoms with Crippen molar-refractivity contribution in [2.75, 3.05) is 19.8 Å². The van der Waals surface area contributed by atoms with Crippen LogP contribution in [-0.4, -0.2) is 35.8 Å². The van der Waals surface area contributed by atoms with Gasteiger partial charge in [-0.2, -0.15) is 0 Å². The van der Waals surface area contributed by atoms with E-state index >= 15 is 0 Å². The van der Waals surface area contributed by atoms with Gasteiger partial charge in [-0.15, -0.1) is 11.3 Å². The zero-order valence-electron chi connectivity index (χ0n) is 10.6. The number of nitrogens with zero attached hydrogens (tertiary/aromatic N) is 1. The van der Waals surface area contributed by atoms with Crippen LogP contribution in [0.4, 0.5) is 0 Å². The van der Waals surface area contributed by atoms with Crippen LogP contribution >= 0.6 is 11.3 Å². The summed E-state index contributed by atoms with van der Waals surface area (Å²) >= 11 is 1.26. The highest BCUT2D eigenvalue weighted by Crippen LogP contribution is 2.27. The van der Waals surface area contributed by atoms with Gasteiger partial charge in [0.2, 0.25) is 0 Å². The fraction of sp³-hybridized carbons (Fsp3) is 0.667. The third-order valence-corrected chi connectivity index (χ3v) is 3.93. The summed E-state index contributed by atoms with van der Waals surface area (Å²) in [5.41, 5.74) is 0.699. The van der Waals surface area contributed by atoms with E-state index in [4.69, 9.17) is 4.74 Å². The van der Waals surface area contributed by atoms with Gasteiger partial charge in [0, 0.05) is 6.54 Å². The van der Waals surface area contributed by atoms with Crippen molar-refractivity contribution in [2.45, 2.75) is 26.3 Å². The quantitative estimate of drug-likeness (QED) is 0.871. The molecule has 0 bridgehead atoms. The normalized spacial score (nSPS) is 20.3. The van der Waals surface area contributed by atoms with E-state index in [1.165, 1.54) is 11.3 Å². The van der Waals surface area contributed by atoms with Gasteiger partial charge in [0.25, 0.3) is 0 Å². The second-order valence-corrected chi connectivity index (χ2v) is 5.84. The first-order valence-corrected chi connectivity index (χ1v) is 6.93. The second-order valence-electron chi connectivity index (χ2n) is 4.81. The van der Waals surface area contributed by atoms with Gasteiger partial charge >= 0.3 is 5.97 Å². The van der Waals surface area contributed by atoms with E-state index in [1.54, 1.807) is 0 Å². The molecule has 1 aromatic heterocycles. The molecule has 0 saturated carbocycles. The molecule has 1 saturated heterocycles. The Morgan fingerprint density at radius 3 is 3.00 bits per heavy atom. The van der Waals surface area contributed by atoms with Crippen LogP contribution in [0.2, 0.25) is 0 Å². The summed E-state index contributed by atoms with van der Waals surface area (Å²) < 4.78 is 5.38. The van der Waals surface area contributed by atoms with Crippen molar-refractivity contribution in [1.82, 2.24) is 10.3 Å². The van der Waals surface area contributed by atoms with Crippen LogP contribution in [0.5, 0.6) is 0 Å². The van der Waals surface area contributed by atoms with Crippen molar-refractivity contribution in [3.05, 3.63) is 15.6 Å². The summed E-state index contributed by atoms with van der Waals surface area (Å²) in [6, 6.07) is 0.0303. The van der Waals surface area contributed by atoms with E-state index < -0.39 is 5.97 Å². The highest BCUT2D eigenvalue weighted by atomic mass is 32.1. The Kier molecular flexibility index (Phi) is 4.31. The lowest BCUT2D eigenvalue weighted by Gasteiger charge is -2.21. The summed E-state index contributed by atoms with van der Waals surface area (Å²) in [4.78, 5) is 16.1. The van der Waals surface area contributed by atoms with Crippen LogP contribution in [0.25, 0.3) is 0 Å². The van der Waals surface area contributed by atoms with E-state index in [2.05, 4.69) is 24.1 Å². The number of thiazole rings is 1. The third kappa shape index (κ3) is 3.07. The van der Waals surface area contributed by atoms with E-state index in [1.807, 2.05) is 0 Å².